The molecule has 0 amide bonds. The molecule has 0 radical (unpaired) electrons. The van der Waals surface area contributed by atoms with Crippen LogP contribution in [0.3, 0.4) is 0 Å². The molecular formula is C15H20N2O. The largest absolute Gasteiger partial charge is 0.493 e. The number of nitriles is 1. The van der Waals surface area contributed by atoms with Crippen molar-refractivity contribution in [3.63, 3.8) is 0 Å². The zero-order valence-corrected chi connectivity index (χ0v) is 10.8. The Morgan fingerprint density at radius 3 is 2.50 bits per heavy atom. The van der Waals surface area contributed by atoms with Crippen molar-refractivity contribution in [1.82, 2.24) is 4.90 Å². The van der Waals surface area contributed by atoms with Gasteiger partial charge >= 0.3 is 0 Å². The summed E-state index contributed by atoms with van der Waals surface area (Å²) >= 11 is 0. The summed E-state index contributed by atoms with van der Waals surface area (Å²) in [4.78, 5) is 2.51. The lowest BCUT2D eigenvalue weighted by atomic mass is 10.1. The lowest BCUT2D eigenvalue weighted by Crippen LogP contribution is -2.28. The molecule has 0 aliphatic carbocycles. The first kappa shape index (κ1) is 12.9. The molecule has 96 valence electrons. The summed E-state index contributed by atoms with van der Waals surface area (Å²) in [6.45, 7) is 3.96. The van der Waals surface area contributed by atoms with E-state index in [0.29, 0.717) is 13.0 Å². The minimum Gasteiger partial charge on any atom is -0.493 e. The van der Waals surface area contributed by atoms with Crippen LogP contribution in [0.15, 0.2) is 24.3 Å². The molecule has 0 atom stereocenters. The average molecular weight is 244 g/mol. The minimum absolute atomic E-state index is 0.440. The van der Waals surface area contributed by atoms with Crippen LogP contribution in [0.2, 0.25) is 0 Å². The Morgan fingerprint density at radius 1 is 1.11 bits per heavy atom. The maximum absolute atomic E-state index is 8.44. The molecule has 0 saturated carbocycles. The smallest absolute Gasteiger partial charge is 0.119 e. The summed E-state index contributed by atoms with van der Waals surface area (Å²) in [7, 11) is 0. The maximum Gasteiger partial charge on any atom is 0.119 e. The number of hydrogen-bond donors (Lipinski definition) is 0. The standard InChI is InChI=1S/C15H20N2O/c16-9-4-12-18-15-7-5-14(6-8-15)13-17-10-2-1-3-11-17/h5-8H,1-4,10-13H2. The van der Waals surface area contributed by atoms with Crippen molar-refractivity contribution in [2.45, 2.75) is 32.2 Å². The third-order valence-corrected chi connectivity index (χ3v) is 3.26. The average Bonchev–Trinajstić information content (AvgIpc) is 2.42. The first-order chi connectivity index (χ1) is 8.88. The predicted octanol–water partition coefficient (Wildman–Crippen LogP) is 2.96. The van der Waals surface area contributed by atoms with Crippen LogP contribution in [0.5, 0.6) is 5.75 Å². The fourth-order valence-electron chi connectivity index (χ4n) is 2.28. The van der Waals surface area contributed by atoms with Gasteiger partial charge in [-0.15, -0.1) is 0 Å². The lowest BCUT2D eigenvalue weighted by molar-refractivity contribution is 0.221. The van der Waals surface area contributed by atoms with Crippen LogP contribution >= 0.6 is 0 Å². The fourth-order valence-corrected chi connectivity index (χ4v) is 2.28. The molecule has 1 heterocycles. The molecular weight excluding hydrogens is 224 g/mol. The molecule has 1 aromatic rings. The van der Waals surface area contributed by atoms with Crippen LogP contribution in [0.4, 0.5) is 0 Å². The minimum atomic E-state index is 0.440. The van der Waals surface area contributed by atoms with E-state index in [-0.39, 0.29) is 0 Å². The lowest BCUT2D eigenvalue weighted by Gasteiger charge is -2.26. The Labute approximate surface area is 109 Å². The van der Waals surface area contributed by atoms with Gasteiger partial charge in [0.25, 0.3) is 0 Å². The summed E-state index contributed by atoms with van der Waals surface area (Å²) in [6, 6.07) is 10.3. The van der Waals surface area contributed by atoms with Gasteiger partial charge in [-0.3, -0.25) is 4.90 Å². The second kappa shape index (κ2) is 7.03. The second-order valence-electron chi connectivity index (χ2n) is 4.74. The monoisotopic (exact) mass is 244 g/mol. The first-order valence-electron chi connectivity index (χ1n) is 6.69. The third-order valence-electron chi connectivity index (χ3n) is 3.26. The van der Waals surface area contributed by atoms with Crippen LogP contribution in [-0.2, 0) is 6.54 Å². The molecule has 18 heavy (non-hydrogen) atoms. The molecule has 0 unspecified atom stereocenters. The van der Waals surface area contributed by atoms with Crippen molar-refractivity contribution in [2.24, 2.45) is 0 Å². The third kappa shape index (κ3) is 4.05. The molecule has 1 fully saturated rings. The van der Waals surface area contributed by atoms with Crippen molar-refractivity contribution in [2.75, 3.05) is 19.7 Å². The second-order valence-corrected chi connectivity index (χ2v) is 4.74. The van der Waals surface area contributed by atoms with Gasteiger partial charge in [-0.1, -0.05) is 18.6 Å². The molecule has 1 aliphatic rings. The Morgan fingerprint density at radius 2 is 1.83 bits per heavy atom. The zero-order chi connectivity index (χ0) is 12.6. The van der Waals surface area contributed by atoms with E-state index >= 15 is 0 Å². The van der Waals surface area contributed by atoms with E-state index in [4.69, 9.17) is 10.00 Å². The van der Waals surface area contributed by atoms with Crippen LogP contribution in [0.1, 0.15) is 31.2 Å². The van der Waals surface area contributed by atoms with E-state index < -0.39 is 0 Å². The SMILES string of the molecule is N#CCCOc1ccc(CN2CCCCC2)cc1. The summed E-state index contributed by atoms with van der Waals surface area (Å²) in [6.07, 6.45) is 4.47. The van der Waals surface area contributed by atoms with Gasteiger partial charge < -0.3 is 4.74 Å². The van der Waals surface area contributed by atoms with Crippen molar-refractivity contribution in [3.05, 3.63) is 29.8 Å². The number of nitrogens with zero attached hydrogens (tertiary/aromatic N) is 2. The van der Waals surface area contributed by atoms with Gasteiger partial charge in [0.15, 0.2) is 0 Å². The molecule has 0 aromatic heterocycles. The Bertz CT molecular complexity index is 388. The maximum atomic E-state index is 8.44. The highest BCUT2D eigenvalue weighted by Gasteiger charge is 2.10. The number of hydrogen-bond acceptors (Lipinski definition) is 3. The molecule has 1 aromatic carbocycles. The van der Waals surface area contributed by atoms with Crippen LogP contribution in [-0.4, -0.2) is 24.6 Å². The van der Waals surface area contributed by atoms with Crippen LogP contribution < -0.4 is 4.74 Å². The van der Waals surface area contributed by atoms with E-state index in [9.17, 15) is 0 Å². The number of likely N-dealkylation sites (tertiary alicyclic amines) is 1. The number of rotatable bonds is 5. The Hall–Kier alpha value is -1.53. The Balaban J connectivity index is 1.81. The van der Waals surface area contributed by atoms with E-state index in [1.165, 1.54) is 37.9 Å². The van der Waals surface area contributed by atoms with E-state index in [1.807, 2.05) is 12.1 Å². The summed E-state index contributed by atoms with van der Waals surface area (Å²) in [5.41, 5.74) is 1.34. The Kier molecular flexibility index (Phi) is 5.04. The van der Waals surface area contributed by atoms with Crippen molar-refractivity contribution >= 4 is 0 Å². The predicted molar refractivity (Wildman–Crippen MR) is 71.3 cm³/mol. The number of piperidine rings is 1. The summed E-state index contributed by atoms with van der Waals surface area (Å²) in [5, 5.41) is 8.44. The van der Waals surface area contributed by atoms with Gasteiger partial charge in [-0.25, -0.2) is 0 Å². The van der Waals surface area contributed by atoms with Crippen LogP contribution in [0.25, 0.3) is 0 Å². The van der Waals surface area contributed by atoms with E-state index in [1.54, 1.807) is 0 Å². The number of ether oxygens (including phenoxy) is 1. The van der Waals surface area contributed by atoms with Gasteiger partial charge in [-0.05, 0) is 43.6 Å². The fraction of sp³-hybridized carbons (Fsp3) is 0.533. The molecule has 1 aliphatic heterocycles. The van der Waals surface area contributed by atoms with Crippen LogP contribution in [0, 0.1) is 11.3 Å². The van der Waals surface area contributed by atoms with Crippen molar-refractivity contribution < 1.29 is 4.74 Å². The van der Waals surface area contributed by atoms with E-state index in [2.05, 4.69) is 23.1 Å². The van der Waals surface area contributed by atoms with Gasteiger partial charge in [-0.2, -0.15) is 5.26 Å². The molecule has 1 saturated heterocycles. The normalized spacial score (nSPS) is 16.2. The van der Waals surface area contributed by atoms with Crippen molar-refractivity contribution in [3.8, 4) is 11.8 Å². The highest BCUT2D eigenvalue weighted by molar-refractivity contribution is 5.27. The highest BCUT2D eigenvalue weighted by Crippen LogP contribution is 2.16. The quantitative estimate of drug-likeness (QED) is 0.747. The topological polar surface area (TPSA) is 36.3 Å². The molecule has 0 N–H and O–H groups in total. The van der Waals surface area contributed by atoms with E-state index in [0.717, 1.165) is 12.3 Å². The van der Waals surface area contributed by atoms with Gasteiger partial charge in [0.2, 0.25) is 0 Å². The molecule has 0 spiro atoms. The molecule has 3 heteroatoms. The summed E-state index contributed by atoms with van der Waals surface area (Å²) < 4.78 is 5.46. The molecule has 3 nitrogen and oxygen atoms in total. The van der Waals surface area contributed by atoms with Gasteiger partial charge in [0, 0.05) is 6.54 Å². The first-order valence-corrected chi connectivity index (χ1v) is 6.69. The van der Waals surface area contributed by atoms with Gasteiger partial charge in [0.1, 0.15) is 12.4 Å². The summed E-state index contributed by atoms with van der Waals surface area (Å²) in [5.74, 6) is 0.854. The zero-order valence-electron chi connectivity index (χ0n) is 10.8. The highest BCUT2D eigenvalue weighted by atomic mass is 16.5. The number of benzene rings is 1. The molecule has 0 bridgehead atoms. The van der Waals surface area contributed by atoms with Crippen molar-refractivity contribution in [1.29, 1.82) is 5.26 Å². The van der Waals surface area contributed by atoms with Gasteiger partial charge in [0.05, 0.1) is 12.5 Å². The molecule has 2 rings (SSSR count).